The third-order valence-electron chi connectivity index (χ3n) is 20.5. The first-order valence-electron chi connectivity index (χ1n) is 37.8. The summed E-state index contributed by atoms with van der Waals surface area (Å²) in [5.41, 5.74) is 24.4. The molecule has 0 amide bonds. The Bertz CT molecular complexity index is 6360. The quantitative estimate of drug-likeness (QED) is 0.0897. The fourth-order valence-electron chi connectivity index (χ4n) is 14.9. The highest BCUT2D eigenvalue weighted by atomic mass is 15.0. The lowest BCUT2D eigenvalue weighted by Crippen LogP contribution is -2.00. The number of hydrogen-bond acceptors (Lipinski definition) is 6. The lowest BCUT2D eigenvalue weighted by Gasteiger charge is -2.19. The van der Waals surface area contributed by atoms with E-state index in [1.807, 2.05) is 60.7 Å². The van der Waals surface area contributed by atoms with Gasteiger partial charge in [0.2, 0.25) is 0 Å². The molecule has 6 heteroatoms. The second-order valence-electron chi connectivity index (χ2n) is 27.7. The van der Waals surface area contributed by atoms with Crippen LogP contribution in [0.3, 0.4) is 0 Å². The first-order chi connectivity index (χ1) is 55.5. The van der Waals surface area contributed by atoms with Crippen molar-refractivity contribution in [3.05, 3.63) is 481 Å². The predicted octanol–water partition coefficient (Wildman–Crippen LogP) is 26.6. The molecule has 17 aromatic carbocycles. The van der Waals surface area contributed by atoms with Gasteiger partial charge in [0, 0.05) is 33.4 Å². The van der Waals surface area contributed by atoms with Crippen molar-refractivity contribution < 1.29 is 0 Å². The summed E-state index contributed by atoms with van der Waals surface area (Å²) in [6.45, 7) is 0. The van der Waals surface area contributed by atoms with Gasteiger partial charge in [0.1, 0.15) is 0 Å². The Hall–Kier alpha value is -15.0. The first kappa shape index (κ1) is 68.8. The van der Waals surface area contributed by atoms with Crippen molar-refractivity contribution in [2.24, 2.45) is 0 Å². The minimum Gasteiger partial charge on any atom is -0.208 e. The maximum absolute atomic E-state index is 5.09. The molecule has 0 aliphatic rings. The van der Waals surface area contributed by atoms with Crippen molar-refractivity contribution in [3.63, 3.8) is 0 Å². The van der Waals surface area contributed by atoms with E-state index in [1.165, 1.54) is 66.4 Å². The molecule has 0 bridgehead atoms. The normalized spacial score (nSPS) is 11.0. The standard InChI is InChI=1S/C55H37N3.C51H35N3/c1-4-17-41(18-5-1)51(42-19-6-2-7-20-42)52(43-21-8-3-9-22-43)48-26-14-25-47(35-48)40-27-31-44(32-28-40)53-56-54(49-33-29-38-15-10-12-23-45(38)36-49)58-55(57-53)50-34-30-39-16-11-13-24-46(39)37-50;1-6-16-37(17-7-1)47(38-18-8-2-9-19-38)48(39-20-10-3-11-21-39)40-28-26-36(27-29-40)43-30-31-45-35-46(33-32-44(45)34-43)51-53-49(41-22-12-4-13-23-41)52-50(54-51)42-24-14-5-15-25-42/h1-37H;1-35H. The summed E-state index contributed by atoms with van der Waals surface area (Å²) in [7, 11) is 0. The molecule has 0 N–H and O–H groups in total. The van der Waals surface area contributed by atoms with Crippen LogP contribution < -0.4 is 0 Å². The fourth-order valence-corrected chi connectivity index (χ4v) is 14.9. The van der Waals surface area contributed by atoms with Crippen molar-refractivity contribution in [3.8, 4) is 90.6 Å². The van der Waals surface area contributed by atoms with Crippen LogP contribution in [0.2, 0.25) is 0 Å². The Morgan fingerprint density at radius 3 is 0.661 bits per heavy atom. The molecule has 19 rings (SSSR count). The SMILES string of the molecule is c1ccc(C(=C(c2ccccc2)c2ccc(-c3ccc4cc(-c5nc(-c6ccccc6)nc(-c6ccccc6)n5)ccc4c3)cc2)c2ccccc2)cc1.c1ccc(C(=C(c2ccccc2)c2cccc(-c3ccc(-c4nc(-c5ccc6ccccc6c5)nc(-c5ccc6ccccc6c5)n4)cc3)c2)c2ccccc2)cc1. The molecule has 0 atom stereocenters. The molecule has 0 fully saturated rings. The van der Waals surface area contributed by atoms with E-state index in [1.54, 1.807) is 0 Å². The van der Waals surface area contributed by atoms with Crippen LogP contribution >= 0.6 is 0 Å². The van der Waals surface area contributed by atoms with Crippen LogP contribution in [0.4, 0.5) is 0 Å². The summed E-state index contributed by atoms with van der Waals surface area (Å²) < 4.78 is 0. The minimum absolute atomic E-state index is 0.631. The molecule has 0 aliphatic heterocycles. The van der Waals surface area contributed by atoms with E-state index in [-0.39, 0.29) is 0 Å². The molecule has 0 unspecified atom stereocenters. The number of hydrogen-bond donors (Lipinski definition) is 0. The van der Waals surface area contributed by atoms with Crippen molar-refractivity contribution in [2.45, 2.75) is 0 Å². The van der Waals surface area contributed by atoms with Crippen molar-refractivity contribution >= 4 is 54.6 Å². The Morgan fingerprint density at radius 1 is 0.116 bits per heavy atom. The second kappa shape index (κ2) is 31.8. The number of aromatic nitrogens is 6. The Labute approximate surface area is 652 Å². The molecule has 0 aliphatic carbocycles. The van der Waals surface area contributed by atoms with Gasteiger partial charge in [-0.2, -0.15) is 0 Å². The third-order valence-corrected chi connectivity index (χ3v) is 20.5. The monoisotopic (exact) mass is 1430 g/mol. The molecule has 526 valence electrons. The van der Waals surface area contributed by atoms with Crippen molar-refractivity contribution in [1.82, 2.24) is 29.9 Å². The zero-order chi connectivity index (χ0) is 74.8. The van der Waals surface area contributed by atoms with Gasteiger partial charge in [0.25, 0.3) is 0 Å². The molecular weight excluding hydrogens is 1360 g/mol. The average Bonchev–Trinajstić information content (AvgIpc) is 0.784. The van der Waals surface area contributed by atoms with Crippen LogP contribution in [0.5, 0.6) is 0 Å². The van der Waals surface area contributed by atoms with Crippen LogP contribution in [-0.2, 0) is 0 Å². The largest absolute Gasteiger partial charge is 0.208 e. The van der Waals surface area contributed by atoms with Gasteiger partial charge in [-0.25, -0.2) is 29.9 Å². The smallest absolute Gasteiger partial charge is 0.164 e. The second-order valence-corrected chi connectivity index (χ2v) is 27.7. The van der Waals surface area contributed by atoms with E-state index in [4.69, 9.17) is 29.9 Å². The van der Waals surface area contributed by atoms with Gasteiger partial charge < -0.3 is 0 Å². The van der Waals surface area contributed by atoms with E-state index in [9.17, 15) is 0 Å². The van der Waals surface area contributed by atoms with Gasteiger partial charge in [-0.3, -0.25) is 0 Å². The minimum atomic E-state index is 0.631. The van der Waals surface area contributed by atoms with Gasteiger partial charge in [0.15, 0.2) is 34.9 Å². The molecular formula is C106H72N6. The average molecular weight is 1430 g/mol. The van der Waals surface area contributed by atoms with Gasteiger partial charge in [-0.05, 0) is 152 Å². The molecule has 2 heterocycles. The number of rotatable bonds is 16. The molecule has 0 radical (unpaired) electrons. The molecule has 0 saturated carbocycles. The highest BCUT2D eigenvalue weighted by molar-refractivity contribution is 6.06. The summed E-state index contributed by atoms with van der Waals surface area (Å²) in [6, 6.07) is 153. The molecule has 6 nitrogen and oxygen atoms in total. The topological polar surface area (TPSA) is 77.3 Å². The maximum Gasteiger partial charge on any atom is 0.164 e. The predicted molar refractivity (Wildman–Crippen MR) is 464 cm³/mol. The highest BCUT2D eigenvalue weighted by Crippen LogP contribution is 2.42. The molecule has 19 aromatic rings. The number of benzene rings is 17. The van der Waals surface area contributed by atoms with Gasteiger partial charge >= 0.3 is 0 Å². The summed E-state index contributed by atoms with van der Waals surface area (Å²) >= 11 is 0. The van der Waals surface area contributed by atoms with Crippen LogP contribution in [0, 0.1) is 0 Å². The number of nitrogens with zero attached hydrogens (tertiary/aromatic N) is 6. The molecule has 112 heavy (non-hydrogen) atoms. The van der Waals surface area contributed by atoms with Crippen molar-refractivity contribution in [2.75, 3.05) is 0 Å². The van der Waals surface area contributed by atoms with E-state index in [0.717, 1.165) is 88.3 Å². The molecule has 0 saturated heterocycles. The molecule has 2 aromatic heterocycles. The Morgan fingerprint density at radius 2 is 0.312 bits per heavy atom. The van der Waals surface area contributed by atoms with Gasteiger partial charge in [-0.15, -0.1) is 0 Å². The lowest BCUT2D eigenvalue weighted by molar-refractivity contribution is 1.07. The van der Waals surface area contributed by atoms with Crippen LogP contribution in [0.25, 0.3) is 145 Å². The third kappa shape index (κ3) is 15.0. The highest BCUT2D eigenvalue weighted by Gasteiger charge is 2.21. The van der Waals surface area contributed by atoms with Crippen LogP contribution in [0.1, 0.15) is 44.5 Å². The zero-order valence-electron chi connectivity index (χ0n) is 61.3. The Balaban J connectivity index is 0.000000157. The van der Waals surface area contributed by atoms with E-state index < -0.39 is 0 Å². The fraction of sp³-hybridized carbons (Fsp3) is 0. The summed E-state index contributed by atoms with van der Waals surface area (Å²) in [5.74, 6) is 3.88. The van der Waals surface area contributed by atoms with Gasteiger partial charge in [-0.1, -0.05) is 406 Å². The lowest BCUT2D eigenvalue weighted by atomic mass is 9.85. The maximum atomic E-state index is 5.09. The Kier molecular flexibility index (Phi) is 19.6. The summed E-state index contributed by atoms with van der Waals surface area (Å²) in [6.07, 6.45) is 0. The van der Waals surface area contributed by atoms with Gasteiger partial charge in [0.05, 0.1) is 0 Å². The van der Waals surface area contributed by atoms with Crippen molar-refractivity contribution in [1.29, 1.82) is 0 Å². The van der Waals surface area contributed by atoms with Crippen LogP contribution in [-0.4, -0.2) is 29.9 Å². The van der Waals surface area contributed by atoms with E-state index >= 15 is 0 Å². The molecule has 0 spiro atoms. The first-order valence-corrected chi connectivity index (χ1v) is 37.8. The summed E-state index contributed by atoms with van der Waals surface area (Å²) in [4.78, 5) is 30.0. The zero-order valence-corrected chi connectivity index (χ0v) is 61.3. The van der Waals surface area contributed by atoms with E-state index in [0.29, 0.717) is 34.9 Å². The number of fused-ring (bicyclic) bond motifs is 3. The summed E-state index contributed by atoms with van der Waals surface area (Å²) in [5, 5.41) is 6.92. The van der Waals surface area contributed by atoms with E-state index in [2.05, 4.69) is 376 Å². The van der Waals surface area contributed by atoms with Crippen LogP contribution in [0.15, 0.2) is 437 Å².